The predicted molar refractivity (Wildman–Crippen MR) is 65.4 cm³/mol. The molecule has 1 amide bonds. The lowest BCUT2D eigenvalue weighted by atomic mass is 10.2. The Hall–Kier alpha value is -1.76. The Kier molecular flexibility index (Phi) is 3.42. The first-order valence-electron chi connectivity index (χ1n) is 5.32. The minimum Gasteiger partial charge on any atom is -0.505 e. The van der Waals surface area contributed by atoms with Crippen LogP contribution in [0.4, 0.5) is 0 Å². The molecule has 7 heteroatoms. The van der Waals surface area contributed by atoms with Crippen molar-refractivity contribution >= 4 is 23.6 Å². The second-order valence-electron chi connectivity index (χ2n) is 3.89. The van der Waals surface area contributed by atoms with Crippen LogP contribution in [-0.2, 0) is 4.79 Å². The standard InChI is InChI=1S/C11H12N2O4S/c1-6-13(8(5-18-6)11(16)17)10(15)7-2-3-12-4-9(7)14/h2-4,6,8,14H,5H2,1H3,(H,16,17). The third-order valence-corrected chi connectivity index (χ3v) is 3.99. The fourth-order valence-electron chi connectivity index (χ4n) is 1.85. The summed E-state index contributed by atoms with van der Waals surface area (Å²) in [5, 5.41) is 18.4. The molecule has 2 unspecified atom stereocenters. The molecule has 0 bridgehead atoms. The molecule has 2 heterocycles. The largest absolute Gasteiger partial charge is 0.505 e. The first kappa shape index (κ1) is 12.7. The topological polar surface area (TPSA) is 90.7 Å². The summed E-state index contributed by atoms with van der Waals surface area (Å²) in [6, 6.07) is 0.525. The summed E-state index contributed by atoms with van der Waals surface area (Å²) in [4.78, 5) is 28.3. The van der Waals surface area contributed by atoms with Gasteiger partial charge in [0.2, 0.25) is 0 Å². The van der Waals surface area contributed by atoms with E-state index in [1.54, 1.807) is 6.92 Å². The van der Waals surface area contributed by atoms with Crippen molar-refractivity contribution < 1.29 is 19.8 Å². The molecule has 0 radical (unpaired) electrons. The molecule has 2 N–H and O–H groups in total. The van der Waals surface area contributed by atoms with E-state index in [9.17, 15) is 14.7 Å². The van der Waals surface area contributed by atoms with Crippen molar-refractivity contribution in [1.29, 1.82) is 0 Å². The number of aliphatic carboxylic acids is 1. The van der Waals surface area contributed by atoms with Crippen molar-refractivity contribution in [3.63, 3.8) is 0 Å². The third kappa shape index (κ3) is 2.13. The summed E-state index contributed by atoms with van der Waals surface area (Å²) in [6.07, 6.45) is 2.55. The van der Waals surface area contributed by atoms with Gasteiger partial charge < -0.3 is 15.1 Å². The molecule has 1 fully saturated rings. The van der Waals surface area contributed by atoms with Gasteiger partial charge in [-0.25, -0.2) is 4.79 Å². The van der Waals surface area contributed by atoms with E-state index in [1.165, 1.54) is 28.9 Å². The first-order chi connectivity index (χ1) is 8.52. The number of carbonyl (C=O) groups excluding carboxylic acids is 1. The number of carboxylic acid groups (broad SMARTS) is 1. The van der Waals surface area contributed by atoms with Crippen LogP contribution in [-0.4, -0.2) is 49.1 Å². The molecular formula is C11H12N2O4S. The van der Waals surface area contributed by atoms with Crippen LogP contribution in [0.15, 0.2) is 18.5 Å². The van der Waals surface area contributed by atoms with Gasteiger partial charge in [0.05, 0.1) is 17.1 Å². The lowest BCUT2D eigenvalue weighted by Gasteiger charge is -2.25. The highest BCUT2D eigenvalue weighted by molar-refractivity contribution is 8.00. The zero-order valence-corrected chi connectivity index (χ0v) is 10.4. The maximum atomic E-state index is 12.3. The van der Waals surface area contributed by atoms with Crippen LogP contribution >= 0.6 is 11.8 Å². The molecule has 1 aliphatic rings. The van der Waals surface area contributed by atoms with Crippen molar-refractivity contribution in [2.75, 3.05) is 5.75 Å². The van der Waals surface area contributed by atoms with E-state index in [4.69, 9.17) is 5.11 Å². The van der Waals surface area contributed by atoms with Crippen molar-refractivity contribution in [2.45, 2.75) is 18.3 Å². The minimum absolute atomic E-state index is 0.0746. The number of amides is 1. The fourth-order valence-corrected chi connectivity index (χ4v) is 3.01. The van der Waals surface area contributed by atoms with Crippen LogP contribution < -0.4 is 0 Å². The van der Waals surface area contributed by atoms with Gasteiger partial charge in [0.1, 0.15) is 11.8 Å². The highest BCUT2D eigenvalue weighted by Crippen LogP contribution is 2.31. The number of hydrogen-bond acceptors (Lipinski definition) is 5. The second kappa shape index (κ2) is 4.85. The summed E-state index contributed by atoms with van der Waals surface area (Å²) < 4.78 is 0. The Balaban J connectivity index is 2.33. The van der Waals surface area contributed by atoms with E-state index in [-0.39, 0.29) is 16.7 Å². The molecule has 18 heavy (non-hydrogen) atoms. The number of aromatic hydroxyl groups is 1. The molecule has 1 aromatic rings. The van der Waals surface area contributed by atoms with Gasteiger partial charge in [-0.2, -0.15) is 0 Å². The van der Waals surface area contributed by atoms with E-state index in [0.29, 0.717) is 5.75 Å². The third-order valence-electron chi connectivity index (χ3n) is 2.77. The highest BCUT2D eigenvalue weighted by Gasteiger charge is 2.40. The summed E-state index contributed by atoms with van der Waals surface area (Å²) in [5.41, 5.74) is 0.0746. The summed E-state index contributed by atoms with van der Waals surface area (Å²) in [6.45, 7) is 1.77. The van der Waals surface area contributed by atoms with Crippen LogP contribution in [0.25, 0.3) is 0 Å². The lowest BCUT2D eigenvalue weighted by molar-refractivity contribution is -0.141. The Morgan fingerprint density at radius 3 is 2.89 bits per heavy atom. The van der Waals surface area contributed by atoms with Crippen LogP contribution in [0.1, 0.15) is 17.3 Å². The normalized spacial score (nSPS) is 23.1. The van der Waals surface area contributed by atoms with E-state index in [2.05, 4.69) is 4.98 Å². The summed E-state index contributed by atoms with van der Waals surface area (Å²) in [7, 11) is 0. The van der Waals surface area contributed by atoms with Crippen molar-refractivity contribution in [3.8, 4) is 5.75 Å². The van der Waals surface area contributed by atoms with E-state index < -0.39 is 17.9 Å². The highest BCUT2D eigenvalue weighted by atomic mass is 32.2. The van der Waals surface area contributed by atoms with Crippen molar-refractivity contribution in [1.82, 2.24) is 9.88 Å². The molecule has 1 saturated heterocycles. The first-order valence-corrected chi connectivity index (χ1v) is 6.37. The Bertz CT molecular complexity index is 494. The molecule has 0 aromatic carbocycles. The number of hydrogen-bond donors (Lipinski definition) is 2. The smallest absolute Gasteiger partial charge is 0.327 e. The molecule has 1 aliphatic heterocycles. The number of thioether (sulfide) groups is 1. The number of nitrogens with zero attached hydrogens (tertiary/aromatic N) is 2. The van der Waals surface area contributed by atoms with Gasteiger partial charge in [-0.1, -0.05) is 0 Å². The Labute approximate surface area is 108 Å². The molecule has 0 aliphatic carbocycles. The van der Waals surface area contributed by atoms with Gasteiger partial charge >= 0.3 is 5.97 Å². The van der Waals surface area contributed by atoms with E-state index in [1.807, 2.05) is 0 Å². The van der Waals surface area contributed by atoms with Crippen molar-refractivity contribution in [2.24, 2.45) is 0 Å². The van der Waals surface area contributed by atoms with E-state index >= 15 is 0 Å². The van der Waals surface area contributed by atoms with Crippen molar-refractivity contribution in [3.05, 3.63) is 24.0 Å². The van der Waals surface area contributed by atoms with Gasteiger partial charge in [0.15, 0.2) is 0 Å². The predicted octanol–water partition coefficient (Wildman–Crippen LogP) is 0.775. The van der Waals surface area contributed by atoms with E-state index in [0.717, 1.165) is 6.20 Å². The monoisotopic (exact) mass is 268 g/mol. The average molecular weight is 268 g/mol. The Morgan fingerprint density at radius 2 is 2.28 bits per heavy atom. The van der Waals surface area contributed by atoms with Gasteiger partial charge in [-0.3, -0.25) is 9.78 Å². The van der Waals surface area contributed by atoms with Gasteiger partial charge in [-0.15, -0.1) is 11.8 Å². The van der Waals surface area contributed by atoms with Gasteiger partial charge in [-0.05, 0) is 13.0 Å². The maximum Gasteiger partial charge on any atom is 0.327 e. The molecule has 1 aromatic heterocycles. The quantitative estimate of drug-likeness (QED) is 0.823. The average Bonchev–Trinajstić information content (AvgIpc) is 2.71. The number of carbonyl (C=O) groups is 2. The number of pyridine rings is 1. The number of aromatic nitrogens is 1. The SMILES string of the molecule is CC1SCC(C(=O)O)N1C(=O)c1ccncc1O. The second-order valence-corrected chi connectivity index (χ2v) is 5.24. The van der Waals surface area contributed by atoms with Gasteiger partial charge in [0, 0.05) is 11.9 Å². The molecule has 2 rings (SSSR count). The minimum atomic E-state index is -1.03. The molecule has 6 nitrogen and oxygen atoms in total. The molecule has 2 atom stereocenters. The summed E-state index contributed by atoms with van der Waals surface area (Å²) >= 11 is 1.40. The number of rotatable bonds is 2. The Morgan fingerprint density at radius 1 is 1.56 bits per heavy atom. The van der Waals surface area contributed by atoms with Crippen LogP contribution in [0, 0.1) is 0 Å². The van der Waals surface area contributed by atoms with Gasteiger partial charge in [0.25, 0.3) is 5.91 Å². The lowest BCUT2D eigenvalue weighted by Crippen LogP contribution is -2.44. The number of carboxylic acids is 1. The molecular weight excluding hydrogens is 256 g/mol. The zero-order valence-electron chi connectivity index (χ0n) is 9.61. The van der Waals surface area contributed by atoms with Crippen LogP contribution in [0.3, 0.4) is 0 Å². The molecule has 96 valence electrons. The maximum absolute atomic E-state index is 12.3. The van der Waals surface area contributed by atoms with Crippen LogP contribution in [0.5, 0.6) is 5.75 Å². The molecule has 0 saturated carbocycles. The fraction of sp³-hybridized carbons (Fsp3) is 0.364. The summed E-state index contributed by atoms with van der Waals surface area (Å²) in [5.74, 6) is -1.40. The molecule has 0 spiro atoms. The zero-order chi connectivity index (χ0) is 13.3. The van der Waals surface area contributed by atoms with Crippen LogP contribution in [0.2, 0.25) is 0 Å².